The highest BCUT2D eigenvalue weighted by atomic mass is 16.4. The fourth-order valence-electron chi connectivity index (χ4n) is 8.83. The number of carbonyl (C=O) groups is 6. The van der Waals surface area contributed by atoms with Gasteiger partial charge in [0.25, 0.3) is 0 Å². The van der Waals surface area contributed by atoms with Crippen LogP contribution in [0.25, 0.3) is 22.8 Å². The predicted octanol–water partition coefficient (Wildman–Crippen LogP) is 5.16. The van der Waals surface area contributed by atoms with Crippen LogP contribution in [0.15, 0.2) is 59.1 Å². The summed E-state index contributed by atoms with van der Waals surface area (Å²) in [6.07, 6.45) is 8.11. The van der Waals surface area contributed by atoms with E-state index in [0.717, 1.165) is 36.8 Å². The van der Waals surface area contributed by atoms with E-state index < -0.39 is 0 Å². The third-order valence-corrected chi connectivity index (χ3v) is 12.1. The minimum absolute atomic E-state index is 0.0431. The molecule has 14 nitrogen and oxygen atoms in total. The molecule has 2 aromatic carbocycles. The quantitative estimate of drug-likeness (QED) is 0.285. The zero-order valence-corrected chi connectivity index (χ0v) is 32.9. The summed E-state index contributed by atoms with van der Waals surface area (Å²) in [7, 11) is 0. The molecule has 5 heterocycles. The van der Waals surface area contributed by atoms with Crippen molar-refractivity contribution in [1.29, 1.82) is 0 Å². The summed E-state index contributed by atoms with van der Waals surface area (Å²) in [6, 6.07) is 14.3. The maximum Gasteiger partial charge on any atom is 0.226 e. The molecule has 4 saturated heterocycles. The van der Waals surface area contributed by atoms with Gasteiger partial charge in [-0.15, -0.1) is 0 Å². The molecular weight excluding hydrogens is 727 g/mol. The maximum atomic E-state index is 13.3. The molecule has 7 rings (SSSR count). The number of rotatable bonds is 10. The second kappa shape index (κ2) is 17.7. The molecule has 0 bridgehead atoms. The number of aromatic nitrogens is 1. The maximum absolute atomic E-state index is 13.3. The minimum Gasteiger partial charge on any atom is -0.436 e. The van der Waals surface area contributed by atoms with Crippen molar-refractivity contribution in [3.63, 3.8) is 0 Å². The number of likely N-dealkylation sites (tertiary alicyclic amines) is 4. The van der Waals surface area contributed by atoms with Crippen LogP contribution in [0.4, 0.5) is 11.4 Å². The van der Waals surface area contributed by atoms with E-state index in [2.05, 4.69) is 15.6 Å². The lowest BCUT2D eigenvalue weighted by molar-refractivity contribution is -0.141. The van der Waals surface area contributed by atoms with Crippen molar-refractivity contribution in [2.24, 2.45) is 11.8 Å². The zero-order chi connectivity index (χ0) is 40.1. The number of carbonyl (C=O) groups excluding carboxylic acids is 6. The summed E-state index contributed by atoms with van der Waals surface area (Å²) in [5.74, 6) is 0.783. The first-order chi connectivity index (χ1) is 27.5. The Hall–Kier alpha value is -5.53. The third-order valence-electron chi connectivity index (χ3n) is 12.1. The van der Waals surface area contributed by atoms with Crippen molar-refractivity contribution in [2.75, 3.05) is 49.9 Å². The SMILES string of the molecule is CC(=O)N1CCC(C(=O)N2CCC[C@H]2CC(=O)Nc2ccc(-c3cnc(-c4ccc(NC(=O)C[C@@H]5CCCN5C(=O)C5CCN(C(C)=O)CC5)cc4)o3)cc2)CC1. The number of hydrogen-bond acceptors (Lipinski definition) is 8. The second-order valence-electron chi connectivity index (χ2n) is 15.9. The van der Waals surface area contributed by atoms with E-state index >= 15 is 0 Å². The first-order valence-corrected chi connectivity index (χ1v) is 20.4. The van der Waals surface area contributed by atoms with E-state index in [4.69, 9.17) is 4.42 Å². The Labute approximate surface area is 333 Å². The summed E-state index contributed by atoms with van der Waals surface area (Å²) < 4.78 is 6.08. The molecule has 14 heteroatoms. The van der Waals surface area contributed by atoms with E-state index in [0.29, 0.717) is 88.0 Å². The van der Waals surface area contributed by atoms with Gasteiger partial charge in [-0.05, 0) is 99.9 Å². The molecule has 0 saturated carbocycles. The largest absolute Gasteiger partial charge is 0.436 e. The number of piperidine rings is 2. The summed E-state index contributed by atoms with van der Waals surface area (Å²) in [5, 5.41) is 5.94. The summed E-state index contributed by atoms with van der Waals surface area (Å²) in [6.45, 7) is 6.84. The Kier molecular flexibility index (Phi) is 12.3. The highest BCUT2D eigenvalue weighted by molar-refractivity contribution is 5.93. The topological polar surface area (TPSA) is 165 Å². The molecular formula is C43H53N7O7. The second-order valence-corrected chi connectivity index (χ2v) is 15.9. The van der Waals surface area contributed by atoms with Gasteiger partial charge in [0, 0.05) is 112 Å². The monoisotopic (exact) mass is 779 g/mol. The summed E-state index contributed by atoms with van der Waals surface area (Å²) >= 11 is 0. The molecule has 302 valence electrons. The van der Waals surface area contributed by atoms with E-state index in [1.807, 2.05) is 46.2 Å². The molecule has 57 heavy (non-hydrogen) atoms. The standard InChI is InChI=1S/C43H53N7O7/c1-28(51)47-21-15-32(16-22-47)42(55)49-19-3-5-36(49)25-39(53)45-34-11-7-30(8-12-34)38-27-44-41(57-38)31-9-13-35(14-10-31)46-40(54)26-37-6-4-20-50(37)43(56)33-17-23-48(24-18-33)29(2)52/h7-14,27,32-33,36-37H,3-6,15-26H2,1-2H3,(H,45,53)(H,46,54)/t36-,37-/m0/s1. The van der Waals surface area contributed by atoms with Gasteiger partial charge in [0.1, 0.15) is 0 Å². The molecule has 0 radical (unpaired) electrons. The molecule has 1 aromatic heterocycles. The Morgan fingerprint density at radius 1 is 0.596 bits per heavy atom. The molecule has 4 fully saturated rings. The van der Waals surface area contributed by atoms with Crippen LogP contribution in [0.2, 0.25) is 0 Å². The van der Waals surface area contributed by atoms with Crippen LogP contribution in [0.3, 0.4) is 0 Å². The number of nitrogens with one attached hydrogen (secondary N) is 2. The molecule has 6 amide bonds. The van der Waals surface area contributed by atoms with Gasteiger partial charge in [-0.1, -0.05) is 0 Å². The lowest BCUT2D eigenvalue weighted by Crippen LogP contribution is -2.46. The molecule has 2 N–H and O–H groups in total. The molecule has 0 spiro atoms. The number of nitrogens with zero attached hydrogens (tertiary/aromatic N) is 5. The van der Waals surface area contributed by atoms with Gasteiger partial charge in [0.05, 0.1) is 6.20 Å². The molecule has 4 aliphatic rings. The molecule has 4 aliphatic heterocycles. The minimum atomic E-state index is -0.147. The fourth-order valence-corrected chi connectivity index (χ4v) is 8.83. The predicted molar refractivity (Wildman–Crippen MR) is 213 cm³/mol. The highest BCUT2D eigenvalue weighted by Crippen LogP contribution is 2.31. The van der Waals surface area contributed by atoms with Crippen molar-refractivity contribution in [3.8, 4) is 22.8 Å². The number of amides is 6. The average molecular weight is 780 g/mol. The molecule has 2 atom stereocenters. The van der Waals surface area contributed by atoms with E-state index in [9.17, 15) is 28.8 Å². The summed E-state index contributed by atoms with van der Waals surface area (Å²) in [4.78, 5) is 87.9. The van der Waals surface area contributed by atoms with Crippen LogP contribution in [-0.4, -0.2) is 111 Å². The number of hydrogen-bond donors (Lipinski definition) is 2. The molecule has 0 unspecified atom stereocenters. The third kappa shape index (κ3) is 9.54. The van der Waals surface area contributed by atoms with Crippen molar-refractivity contribution in [3.05, 3.63) is 54.7 Å². The normalized spacial score (nSPS) is 20.5. The van der Waals surface area contributed by atoms with E-state index in [1.54, 1.807) is 42.0 Å². The Morgan fingerprint density at radius 2 is 1.02 bits per heavy atom. The van der Waals surface area contributed by atoms with Gasteiger partial charge >= 0.3 is 0 Å². The Bertz CT molecular complexity index is 1810. The van der Waals surface area contributed by atoms with E-state index in [1.165, 1.54) is 0 Å². The van der Waals surface area contributed by atoms with Gasteiger partial charge in [0.15, 0.2) is 5.76 Å². The van der Waals surface area contributed by atoms with Crippen molar-refractivity contribution in [1.82, 2.24) is 24.6 Å². The average Bonchev–Trinajstić information content (AvgIpc) is 4.00. The van der Waals surface area contributed by atoms with E-state index in [-0.39, 0.29) is 72.2 Å². The van der Waals surface area contributed by atoms with Crippen LogP contribution in [0.1, 0.15) is 78.1 Å². The smallest absolute Gasteiger partial charge is 0.226 e. The molecule has 3 aromatic rings. The van der Waals surface area contributed by atoms with Gasteiger partial charge in [-0.25, -0.2) is 4.98 Å². The Morgan fingerprint density at radius 3 is 1.44 bits per heavy atom. The number of oxazole rings is 1. The summed E-state index contributed by atoms with van der Waals surface area (Å²) in [5.41, 5.74) is 2.82. The van der Waals surface area contributed by atoms with Gasteiger partial charge < -0.3 is 34.7 Å². The van der Waals surface area contributed by atoms with Crippen LogP contribution in [-0.2, 0) is 28.8 Å². The van der Waals surface area contributed by atoms with Crippen molar-refractivity contribution < 1.29 is 33.2 Å². The Balaban J connectivity index is 0.868. The van der Waals surface area contributed by atoms with Crippen LogP contribution in [0, 0.1) is 11.8 Å². The van der Waals surface area contributed by atoms with Crippen LogP contribution < -0.4 is 10.6 Å². The van der Waals surface area contributed by atoms with Crippen molar-refractivity contribution >= 4 is 46.8 Å². The zero-order valence-electron chi connectivity index (χ0n) is 32.9. The van der Waals surface area contributed by atoms with Gasteiger partial charge in [-0.2, -0.15) is 0 Å². The first-order valence-electron chi connectivity index (χ1n) is 20.4. The molecule has 0 aliphatic carbocycles. The fraction of sp³-hybridized carbons (Fsp3) is 0.512. The van der Waals surface area contributed by atoms with Crippen molar-refractivity contribution in [2.45, 2.75) is 90.1 Å². The lowest BCUT2D eigenvalue weighted by Gasteiger charge is -2.34. The van der Waals surface area contributed by atoms with Gasteiger partial charge in [0.2, 0.25) is 41.3 Å². The number of benzene rings is 2. The van der Waals surface area contributed by atoms with Gasteiger partial charge in [-0.3, -0.25) is 28.8 Å². The van der Waals surface area contributed by atoms with Crippen LogP contribution in [0.5, 0.6) is 0 Å². The number of anilines is 2. The lowest BCUT2D eigenvalue weighted by atomic mass is 9.94. The first kappa shape index (κ1) is 39.7. The van der Waals surface area contributed by atoms with Crippen LogP contribution >= 0.6 is 0 Å². The highest BCUT2D eigenvalue weighted by Gasteiger charge is 2.37.